The molecular formula is C17H18N2O3. The summed E-state index contributed by atoms with van der Waals surface area (Å²) >= 11 is 0. The lowest BCUT2D eigenvalue weighted by Gasteiger charge is -2.08. The average molecular weight is 298 g/mol. The van der Waals surface area contributed by atoms with Gasteiger partial charge >= 0.3 is 0 Å². The molecule has 22 heavy (non-hydrogen) atoms. The van der Waals surface area contributed by atoms with Crippen molar-refractivity contribution in [3.05, 3.63) is 59.9 Å². The third-order valence-corrected chi connectivity index (χ3v) is 3.11. The van der Waals surface area contributed by atoms with Crippen molar-refractivity contribution < 1.29 is 14.3 Å². The van der Waals surface area contributed by atoms with Crippen LogP contribution in [-0.4, -0.2) is 23.3 Å². The van der Waals surface area contributed by atoms with E-state index in [-0.39, 0.29) is 18.3 Å². The van der Waals surface area contributed by atoms with Crippen molar-refractivity contribution in [1.29, 1.82) is 0 Å². The van der Waals surface area contributed by atoms with Gasteiger partial charge in [-0.25, -0.2) is 0 Å². The van der Waals surface area contributed by atoms with Crippen LogP contribution in [0.4, 0.5) is 0 Å². The molecule has 0 bridgehead atoms. The number of aromatic nitrogens is 1. The van der Waals surface area contributed by atoms with Crippen LogP contribution in [0.15, 0.2) is 48.8 Å². The highest BCUT2D eigenvalue weighted by atomic mass is 16.5. The van der Waals surface area contributed by atoms with Gasteiger partial charge < -0.3 is 10.1 Å². The molecule has 5 heteroatoms. The molecule has 5 nitrogen and oxygen atoms in total. The topological polar surface area (TPSA) is 68.3 Å². The Morgan fingerprint density at radius 2 is 1.77 bits per heavy atom. The number of Topliss-reactive ketones (excluding diaryl/α,β-unsaturated/α-hetero) is 1. The maximum absolute atomic E-state index is 11.7. The fourth-order valence-electron chi connectivity index (χ4n) is 1.84. The summed E-state index contributed by atoms with van der Waals surface area (Å²) in [5.74, 6) is 0.443. The monoisotopic (exact) mass is 298 g/mol. The molecule has 1 aromatic heterocycles. The molecule has 1 aromatic carbocycles. The zero-order valence-corrected chi connectivity index (χ0v) is 12.4. The second-order valence-electron chi connectivity index (χ2n) is 4.72. The Balaban J connectivity index is 1.77. The summed E-state index contributed by atoms with van der Waals surface area (Å²) < 4.78 is 5.39. The van der Waals surface area contributed by atoms with Crippen molar-refractivity contribution >= 4 is 11.7 Å². The number of carbonyl (C=O) groups excluding carboxylic acids is 2. The average Bonchev–Trinajstić information content (AvgIpc) is 2.58. The molecule has 0 aliphatic rings. The van der Waals surface area contributed by atoms with Crippen molar-refractivity contribution in [2.24, 2.45) is 0 Å². The summed E-state index contributed by atoms with van der Waals surface area (Å²) in [5, 5.41) is 2.76. The molecule has 0 fully saturated rings. The van der Waals surface area contributed by atoms with E-state index >= 15 is 0 Å². The number of ketones is 1. The van der Waals surface area contributed by atoms with E-state index in [0.717, 1.165) is 5.56 Å². The van der Waals surface area contributed by atoms with E-state index in [1.807, 2.05) is 19.1 Å². The van der Waals surface area contributed by atoms with Gasteiger partial charge in [0.05, 0.1) is 0 Å². The highest BCUT2D eigenvalue weighted by molar-refractivity contribution is 5.95. The highest BCUT2D eigenvalue weighted by Crippen LogP contribution is 2.13. The van der Waals surface area contributed by atoms with Gasteiger partial charge in [0.2, 0.25) is 0 Å². The van der Waals surface area contributed by atoms with Crippen LogP contribution in [-0.2, 0) is 11.3 Å². The van der Waals surface area contributed by atoms with Gasteiger partial charge in [-0.05, 0) is 42.0 Å². The standard InChI is InChI=1S/C17H18N2O3/c1-2-16(20)14-3-5-15(6-4-14)22-12-17(21)19-11-13-7-9-18-10-8-13/h3-10H,2,11-12H2,1H3,(H,19,21). The van der Waals surface area contributed by atoms with Gasteiger partial charge in [0.15, 0.2) is 12.4 Å². The second-order valence-corrected chi connectivity index (χ2v) is 4.72. The molecule has 0 unspecified atom stereocenters. The van der Waals surface area contributed by atoms with E-state index in [9.17, 15) is 9.59 Å². The number of pyridine rings is 1. The van der Waals surface area contributed by atoms with Crippen molar-refractivity contribution in [2.45, 2.75) is 19.9 Å². The van der Waals surface area contributed by atoms with Crippen molar-refractivity contribution in [1.82, 2.24) is 10.3 Å². The number of benzene rings is 1. The lowest BCUT2D eigenvalue weighted by molar-refractivity contribution is -0.123. The zero-order valence-electron chi connectivity index (χ0n) is 12.4. The van der Waals surface area contributed by atoms with Crippen LogP contribution >= 0.6 is 0 Å². The molecule has 1 N–H and O–H groups in total. The van der Waals surface area contributed by atoms with E-state index in [0.29, 0.717) is 24.3 Å². The van der Waals surface area contributed by atoms with Crippen molar-refractivity contribution in [3.8, 4) is 5.75 Å². The minimum Gasteiger partial charge on any atom is -0.484 e. The van der Waals surface area contributed by atoms with Crippen LogP contribution in [0.2, 0.25) is 0 Å². The van der Waals surface area contributed by atoms with Crippen molar-refractivity contribution in [2.75, 3.05) is 6.61 Å². The lowest BCUT2D eigenvalue weighted by atomic mass is 10.1. The Morgan fingerprint density at radius 1 is 1.09 bits per heavy atom. The predicted molar refractivity (Wildman–Crippen MR) is 82.6 cm³/mol. The van der Waals surface area contributed by atoms with E-state index < -0.39 is 0 Å². The van der Waals surface area contributed by atoms with Crippen LogP contribution in [0.5, 0.6) is 5.75 Å². The first kappa shape index (κ1) is 15.7. The molecule has 1 heterocycles. The molecule has 0 atom stereocenters. The van der Waals surface area contributed by atoms with Crippen LogP contribution in [0.3, 0.4) is 0 Å². The normalized spacial score (nSPS) is 10.0. The Bertz CT molecular complexity index is 624. The van der Waals surface area contributed by atoms with Gasteiger partial charge in [0.25, 0.3) is 5.91 Å². The molecule has 0 saturated carbocycles. The van der Waals surface area contributed by atoms with Crippen LogP contribution in [0.1, 0.15) is 29.3 Å². The van der Waals surface area contributed by atoms with Gasteiger partial charge in [-0.3, -0.25) is 14.6 Å². The van der Waals surface area contributed by atoms with Gasteiger partial charge in [0.1, 0.15) is 5.75 Å². The first-order valence-electron chi connectivity index (χ1n) is 7.10. The predicted octanol–water partition coefficient (Wildman–Crippen LogP) is 2.37. The number of rotatable bonds is 7. The summed E-state index contributed by atoms with van der Waals surface area (Å²) in [6.07, 6.45) is 3.83. The number of amides is 1. The lowest BCUT2D eigenvalue weighted by Crippen LogP contribution is -2.28. The number of hydrogen-bond donors (Lipinski definition) is 1. The zero-order chi connectivity index (χ0) is 15.8. The van der Waals surface area contributed by atoms with Gasteiger partial charge in [-0.2, -0.15) is 0 Å². The smallest absolute Gasteiger partial charge is 0.258 e. The summed E-state index contributed by atoms with van der Waals surface area (Å²) in [6.45, 7) is 2.20. The van der Waals surface area contributed by atoms with Crippen LogP contribution in [0, 0.1) is 0 Å². The molecule has 114 valence electrons. The minimum absolute atomic E-state index is 0.0633. The van der Waals surface area contributed by atoms with E-state index in [1.165, 1.54) is 0 Å². The third kappa shape index (κ3) is 4.70. The summed E-state index contributed by atoms with van der Waals surface area (Å²) in [5.41, 5.74) is 1.63. The van der Waals surface area contributed by atoms with Gasteiger partial charge in [-0.15, -0.1) is 0 Å². The largest absolute Gasteiger partial charge is 0.484 e. The summed E-state index contributed by atoms with van der Waals surface area (Å²) in [4.78, 5) is 27.1. The molecule has 2 aromatic rings. The molecule has 0 aliphatic carbocycles. The van der Waals surface area contributed by atoms with Gasteiger partial charge in [0, 0.05) is 30.9 Å². The molecular weight excluding hydrogens is 280 g/mol. The van der Waals surface area contributed by atoms with Gasteiger partial charge in [-0.1, -0.05) is 6.92 Å². The minimum atomic E-state index is -0.203. The molecule has 0 spiro atoms. The fraction of sp³-hybridized carbons (Fsp3) is 0.235. The molecule has 2 rings (SSSR count). The number of nitrogens with zero attached hydrogens (tertiary/aromatic N) is 1. The van der Waals surface area contributed by atoms with Crippen LogP contribution in [0.25, 0.3) is 0 Å². The molecule has 0 aliphatic heterocycles. The number of ether oxygens (including phenoxy) is 1. The first-order chi connectivity index (χ1) is 10.7. The second kappa shape index (κ2) is 7.93. The Kier molecular flexibility index (Phi) is 5.65. The SMILES string of the molecule is CCC(=O)c1ccc(OCC(=O)NCc2ccncc2)cc1. The quantitative estimate of drug-likeness (QED) is 0.797. The van der Waals surface area contributed by atoms with Crippen LogP contribution < -0.4 is 10.1 Å². The molecule has 0 saturated heterocycles. The Morgan fingerprint density at radius 3 is 2.41 bits per heavy atom. The molecule has 1 amide bonds. The van der Waals surface area contributed by atoms with E-state index in [1.54, 1.807) is 36.7 Å². The highest BCUT2D eigenvalue weighted by Gasteiger charge is 2.05. The number of nitrogens with one attached hydrogen (secondary N) is 1. The first-order valence-corrected chi connectivity index (χ1v) is 7.10. The maximum Gasteiger partial charge on any atom is 0.258 e. The number of hydrogen-bond acceptors (Lipinski definition) is 4. The van der Waals surface area contributed by atoms with Crippen molar-refractivity contribution in [3.63, 3.8) is 0 Å². The third-order valence-electron chi connectivity index (χ3n) is 3.11. The summed E-state index contributed by atoms with van der Waals surface area (Å²) in [7, 11) is 0. The Hall–Kier alpha value is -2.69. The molecule has 0 radical (unpaired) electrons. The fourth-order valence-corrected chi connectivity index (χ4v) is 1.84. The maximum atomic E-state index is 11.7. The van der Waals surface area contributed by atoms with E-state index in [2.05, 4.69) is 10.3 Å². The van der Waals surface area contributed by atoms with E-state index in [4.69, 9.17) is 4.74 Å². The Labute approximate surface area is 129 Å². The number of carbonyl (C=O) groups is 2. The summed E-state index contributed by atoms with van der Waals surface area (Å²) in [6, 6.07) is 10.5.